The van der Waals surface area contributed by atoms with E-state index in [-0.39, 0.29) is 23.8 Å². The van der Waals surface area contributed by atoms with Crippen molar-refractivity contribution in [1.29, 1.82) is 0 Å². The first-order valence-electron chi connectivity index (χ1n) is 12.9. The van der Waals surface area contributed by atoms with Crippen LogP contribution in [0.2, 0.25) is 0 Å². The minimum Gasteiger partial charge on any atom is -0.444 e. The zero-order valence-corrected chi connectivity index (χ0v) is 23.1. The molecule has 1 saturated carbocycles. The molecule has 1 aliphatic carbocycles. The predicted molar refractivity (Wildman–Crippen MR) is 142 cm³/mol. The first-order valence-corrected chi connectivity index (χ1v) is 12.9. The minimum atomic E-state index is -0.860. The first-order chi connectivity index (χ1) is 16.7. The smallest absolute Gasteiger partial charge is 0.408 e. The molecule has 7 nitrogen and oxygen atoms in total. The summed E-state index contributed by atoms with van der Waals surface area (Å²) in [5.74, 6) is 1.88. The molecular formula is C29H43N3O4. The number of alkyl carbamates (subject to hydrolysis) is 1. The van der Waals surface area contributed by atoms with E-state index in [1.807, 2.05) is 34.6 Å². The van der Waals surface area contributed by atoms with E-state index in [1.165, 1.54) is 0 Å². The largest absolute Gasteiger partial charge is 0.444 e. The van der Waals surface area contributed by atoms with Crippen molar-refractivity contribution in [2.45, 2.75) is 110 Å². The lowest BCUT2D eigenvalue weighted by molar-refractivity contribution is -0.149. The summed E-state index contributed by atoms with van der Waals surface area (Å²) in [5.41, 5.74) is 0.178. The van der Waals surface area contributed by atoms with Crippen LogP contribution in [0.4, 0.5) is 4.79 Å². The minimum absolute atomic E-state index is 0.104. The summed E-state index contributed by atoms with van der Waals surface area (Å²) in [6.45, 7) is 14.9. The maximum Gasteiger partial charge on any atom is 0.408 e. The van der Waals surface area contributed by atoms with Crippen molar-refractivity contribution in [3.63, 3.8) is 0 Å². The Morgan fingerprint density at radius 3 is 2.11 bits per heavy atom. The number of rotatable bonds is 8. The van der Waals surface area contributed by atoms with Gasteiger partial charge in [-0.3, -0.25) is 9.59 Å². The van der Waals surface area contributed by atoms with Crippen LogP contribution in [0, 0.1) is 18.3 Å². The average molecular weight is 498 g/mol. The number of nitrogens with one attached hydrogen (secondary N) is 2. The molecule has 1 aliphatic rings. The van der Waals surface area contributed by atoms with E-state index in [2.05, 4.69) is 16.6 Å². The second-order valence-corrected chi connectivity index (χ2v) is 11.7. The highest BCUT2D eigenvalue weighted by Gasteiger charge is 2.43. The summed E-state index contributed by atoms with van der Waals surface area (Å²) in [6, 6.07) is 5.37. The van der Waals surface area contributed by atoms with Crippen LogP contribution in [0.15, 0.2) is 24.3 Å². The highest BCUT2D eigenvalue weighted by Crippen LogP contribution is 2.35. The fraction of sp³-hybridized carbons (Fsp3) is 0.621. The summed E-state index contributed by atoms with van der Waals surface area (Å²) in [6.07, 6.45) is 8.13. The molecule has 0 radical (unpaired) electrons. The van der Waals surface area contributed by atoms with Crippen molar-refractivity contribution in [2.24, 2.45) is 5.92 Å². The van der Waals surface area contributed by atoms with E-state index in [9.17, 15) is 14.4 Å². The Bertz CT molecular complexity index is 962. The molecule has 36 heavy (non-hydrogen) atoms. The van der Waals surface area contributed by atoms with Gasteiger partial charge in [-0.15, -0.1) is 6.42 Å². The van der Waals surface area contributed by atoms with Crippen LogP contribution in [0.3, 0.4) is 0 Å². The van der Waals surface area contributed by atoms with Crippen LogP contribution in [0.1, 0.15) is 98.2 Å². The lowest BCUT2D eigenvalue weighted by atomic mass is 9.86. The van der Waals surface area contributed by atoms with Crippen molar-refractivity contribution in [3.8, 4) is 12.3 Å². The quantitative estimate of drug-likeness (QED) is 0.498. The van der Waals surface area contributed by atoms with Crippen molar-refractivity contribution < 1.29 is 19.1 Å². The predicted octanol–water partition coefficient (Wildman–Crippen LogP) is 4.94. The number of hydrogen-bond donors (Lipinski definition) is 2. The van der Waals surface area contributed by atoms with Gasteiger partial charge in [0.1, 0.15) is 17.7 Å². The summed E-state index contributed by atoms with van der Waals surface area (Å²) < 4.78 is 5.46. The number of terminal acetylenes is 1. The molecule has 0 aromatic heterocycles. The van der Waals surface area contributed by atoms with Crippen LogP contribution >= 0.6 is 0 Å². The van der Waals surface area contributed by atoms with Gasteiger partial charge in [-0.1, -0.05) is 38.3 Å². The van der Waals surface area contributed by atoms with E-state index in [4.69, 9.17) is 11.2 Å². The third-order valence-corrected chi connectivity index (χ3v) is 6.29. The normalized spacial score (nSPS) is 16.5. The maximum atomic E-state index is 14.2. The number of amides is 3. The van der Waals surface area contributed by atoms with Crippen molar-refractivity contribution in [3.05, 3.63) is 35.4 Å². The summed E-state index contributed by atoms with van der Waals surface area (Å²) in [4.78, 5) is 42.3. The number of carbonyl (C=O) groups excluding carboxylic acids is 3. The lowest BCUT2D eigenvalue weighted by Crippen LogP contribution is -2.59. The fourth-order valence-corrected chi connectivity index (χ4v) is 4.10. The molecule has 0 spiro atoms. The first kappa shape index (κ1) is 29.2. The van der Waals surface area contributed by atoms with Gasteiger partial charge in [-0.2, -0.15) is 0 Å². The zero-order valence-electron chi connectivity index (χ0n) is 23.1. The zero-order chi connectivity index (χ0) is 27.3. The molecule has 1 aromatic carbocycles. The number of carbonyl (C=O) groups is 3. The molecule has 198 valence electrons. The third kappa shape index (κ3) is 8.01. The fourth-order valence-electron chi connectivity index (χ4n) is 4.10. The number of nitrogens with zero attached hydrogens (tertiary/aromatic N) is 1. The maximum absolute atomic E-state index is 14.2. The Morgan fingerprint density at radius 2 is 1.69 bits per heavy atom. The van der Waals surface area contributed by atoms with Gasteiger partial charge in [0, 0.05) is 17.1 Å². The van der Waals surface area contributed by atoms with Gasteiger partial charge in [-0.05, 0) is 84.4 Å². The number of ether oxygens (including phenoxy) is 1. The lowest BCUT2D eigenvalue weighted by Gasteiger charge is -2.44. The molecular weight excluding hydrogens is 454 g/mol. The van der Waals surface area contributed by atoms with Crippen LogP contribution in [-0.2, 0) is 14.3 Å². The second kappa shape index (κ2) is 11.8. The number of benzene rings is 1. The van der Waals surface area contributed by atoms with Gasteiger partial charge >= 0.3 is 6.09 Å². The van der Waals surface area contributed by atoms with Gasteiger partial charge in [0.05, 0.1) is 0 Å². The van der Waals surface area contributed by atoms with E-state index in [0.29, 0.717) is 17.5 Å². The molecule has 1 aromatic rings. The standard InChI is InChI=1S/C29H43N3O4/c1-10-19(3)23(30-27(35)36-29(7,8)9)26(34)32(22-13-12-14-22)24(25(33)31-28(4,5)6)21-17-15-20(11-2)16-18-21/h2,15-19,22-24H,10,12-14H2,1,3-9H3,(H,30,35)(H,31,33). The molecule has 2 N–H and O–H groups in total. The molecule has 3 unspecified atom stereocenters. The van der Waals surface area contributed by atoms with Gasteiger partial charge in [0.2, 0.25) is 11.8 Å². The average Bonchev–Trinajstić information content (AvgIpc) is 2.72. The molecule has 2 rings (SSSR count). The molecule has 3 amide bonds. The molecule has 0 bridgehead atoms. The summed E-state index contributed by atoms with van der Waals surface area (Å²) >= 11 is 0. The summed E-state index contributed by atoms with van der Waals surface area (Å²) in [7, 11) is 0. The molecule has 0 aliphatic heterocycles. The summed E-state index contributed by atoms with van der Waals surface area (Å²) in [5, 5.41) is 5.86. The molecule has 1 fully saturated rings. The number of hydrogen-bond acceptors (Lipinski definition) is 4. The van der Waals surface area contributed by atoms with Crippen LogP contribution in [0.5, 0.6) is 0 Å². The Balaban J connectivity index is 2.54. The molecule has 7 heteroatoms. The molecule has 3 atom stereocenters. The van der Waals surface area contributed by atoms with Gasteiger partial charge < -0.3 is 20.3 Å². The molecule has 0 saturated heterocycles. The molecule has 0 heterocycles. The topological polar surface area (TPSA) is 87.7 Å². The Morgan fingerprint density at radius 1 is 1.11 bits per heavy atom. The van der Waals surface area contributed by atoms with Crippen LogP contribution in [0.25, 0.3) is 0 Å². The van der Waals surface area contributed by atoms with Crippen LogP contribution in [-0.4, -0.2) is 46.0 Å². The van der Waals surface area contributed by atoms with E-state index in [1.54, 1.807) is 49.9 Å². The van der Waals surface area contributed by atoms with E-state index in [0.717, 1.165) is 19.3 Å². The Kier molecular flexibility index (Phi) is 9.59. The SMILES string of the molecule is C#Cc1ccc(C(C(=O)NC(C)(C)C)N(C(=O)C(NC(=O)OC(C)(C)C)C(C)CC)C2CCC2)cc1. The highest BCUT2D eigenvalue weighted by atomic mass is 16.6. The van der Waals surface area contributed by atoms with Crippen molar-refractivity contribution in [1.82, 2.24) is 15.5 Å². The van der Waals surface area contributed by atoms with Crippen molar-refractivity contribution >= 4 is 17.9 Å². The monoisotopic (exact) mass is 497 g/mol. The van der Waals surface area contributed by atoms with Gasteiger partial charge in [0.25, 0.3) is 0 Å². The van der Waals surface area contributed by atoms with Gasteiger partial charge in [-0.25, -0.2) is 4.79 Å². The third-order valence-electron chi connectivity index (χ3n) is 6.29. The second-order valence-electron chi connectivity index (χ2n) is 11.7. The van der Waals surface area contributed by atoms with Gasteiger partial charge in [0.15, 0.2) is 0 Å². The van der Waals surface area contributed by atoms with E-state index >= 15 is 0 Å². The van der Waals surface area contributed by atoms with E-state index < -0.39 is 29.3 Å². The van der Waals surface area contributed by atoms with Crippen LogP contribution < -0.4 is 10.6 Å². The van der Waals surface area contributed by atoms with Crippen molar-refractivity contribution in [2.75, 3.05) is 0 Å². The Hall–Kier alpha value is -3.01. The Labute approximate surface area is 216 Å². The highest BCUT2D eigenvalue weighted by molar-refractivity contribution is 5.93.